The Hall–Kier alpha value is -3.50. The van der Waals surface area contributed by atoms with Crippen molar-refractivity contribution in [3.63, 3.8) is 0 Å². The van der Waals surface area contributed by atoms with E-state index >= 15 is 0 Å². The van der Waals surface area contributed by atoms with Crippen LogP contribution in [0, 0.1) is 0 Å². The topological polar surface area (TPSA) is 108 Å². The maximum Gasteiger partial charge on any atom is 0.338 e. The molecule has 0 spiro atoms. The number of carbonyl (C=O) groups is 1. The van der Waals surface area contributed by atoms with Gasteiger partial charge in [0.2, 0.25) is 10.0 Å². The molecule has 33 heavy (non-hydrogen) atoms. The Morgan fingerprint density at radius 2 is 1.70 bits per heavy atom. The first kappa shape index (κ1) is 22.7. The zero-order valence-electron chi connectivity index (χ0n) is 18.2. The van der Waals surface area contributed by atoms with Crippen molar-refractivity contribution in [3.8, 4) is 0 Å². The second kappa shape index (κ2) is 8.80. The van der Waals surface area contributed by atoms with Crippen LogP contribution < -0.4 is 11.2 Å². The summed E-state index contributed by atoms with van der Waals surface area (Å²) in [4.78, 5) is 36.5. The van der Waals surface area contributed by atoms with Crippen molar-refractivity contribution >= 4 is 16.0 Å². The molecule has 0 saturated carbocycles. The van der Waals surface area contributed by atoms with E-state index in [9.17, 15) is 22.8 Å². The maximum absolute atomic E-state index is 13.2. The Labute approximate surface area is 190 Å². The fourth-order valence-electron chi connectivity index (χ4n) is 3.75. The number of carbonyl (C=O) groups excluding carboxylic acids is 1. The molecule has 0 radical (unpaired) electrons. The minimum absolute atomic E-state index is 0.00249. The summed E-state index contributed by atoms with van der Waals surface area (Å²) in [5.41, 5.74) is 1.33. The highest BCUT2D eigenvalue weighted by Gasteiger charge is 2.28. The van der Waals surface area contributed by atoms with Gasteiger partial charge in [0.1, 0.15) is 6.61 Å². The number of esters is 1. The molecule has 3 aromatic rings. The summed E-state index contributed by atoms with van der Waals surface area (Å²) < 4.78 is 35.2. The van der Waals surface area contributed by atoms with Crippen LogP contribution in [0.1, 0.15) is 27.2 Å². The van der Waals surface area contributed by atoms with Gasteiger partial charge < -0.3 is 4.74 Å². The summed E-state index contributed by atoms with van der Waals surface area (Å²) >= 11 is 0. The quantitative estimate of drug-likeness (QED) is 0.520. The Morgan fingerprint density at radius 3 is 2.45 bits per heavy atom. The normalized spacial score (nSPS) is 14.0. The van der Waals surface area contributed by atoms with Gasteiger partial charge in [-0.25, -0.2) is 18.0 Å². The van der Waals surface area contributed by atoms with Crippen molar-refractivity contribution in [1.29, 1.82) is 0 Å². The van der Waals surface area contributed by atoms with E-state index in [4.69, 9.17) is 4.74 Å². The van der Waals surface area contributed by atoms with Crippen molar-refractivity contribution in [2.45, 2.75) is 24.5 Å². The SMILES string of the molecule is Cn1c(COC(=O)c2cccc(S(=O)(=O)N3CCc4ccccc4C3)c2)cc(=O)n(C)c1=O. The molecule has 1 aliphatic heterocycles. The second-order valence-electron chi connectivity index (χ2n) is 7.84. The third-order valence-corrected chi connectivity index (χ3v) is 7.62. The standard InChI is InChI=1S/C23H23N3O6S/c1-24-19(13-21(27)25(2)23(24)29)15-32-22(28)17-8-5-9-20(12-17)33(30,31)26-11-10-16-6-3-4-7-18(16)14-26/h3-9,12-13H,10-11,14-15H2,1-2H3. The van der Waals surface area contributed by atoms with Crippen LogP contribution in [0.4, 0.5) is 0 Å². The summed E-state index contributed by atoms with van der Waals surface area (Å²) in [6.07, 6.45) is 0.617. The van der Waals surface area contributed by atoms with E-state index in [0.717, 1.165) is 15.7 Å². The molecule has 0 N–H and O–H groups in total. The molecule has 172 valence electrons. The second-order valence-corrected chi connectivity index (χ2v) is 9.77. The Bertz CT molecular complexity index is 1460. The van der Waals surface area contributed by atoms with Crippen LogP contribution in [0.15, 0.2) is 69.1 Å². The molecular formula is C23H23N3O6S. The van der Waals surface area contributed by atoms with E-state index in [1.807, 2.05) is 24.3 Å². The van der Waals surface area contributed by atoms with Crippen LogP contribution >= 0.6 is 0 Å². The van der Waals surface area contributed by atoms with Gasteiger partial charge in [-0.05, 0) is 35.7 Å². The molecule has 10 heteroatoms. The molecule has 1 aliphatic rings. The number of nitrogens with zero attached hydrogens (tertiary/aromatic N) is 3. The van der Waals surface area contributed by atoms with Crippen LogP contribution in [0.5, 0.6) is 0 Å². The van der Waals surface area contributed by atoms with Crippen molar-refractivity contribution in [3.05, 3.63) is 97.8 Å². The third-order valence-electron chi connectivity index (χ3n) is 5.78. The smallest absolute Gasteiger partial charge is 0.338 e. The lowest BCUT2D eigenvalue weighted by atomic mass is 10.0. The average Bonchev–Trinajstić information content (AvgIpc) is 2.83. The highest BCUT2D eigenvalue weighted by molar-refractivity contribution is 7.89. The van der Waals surface area contributed by atoms with Gasteiger partial charge in [-0.2, -0.15) is 4.31 Å². The number of hydrogen-bond donors (Lipinski definition) is 0. The Kier molecular flexibility index (Phi) is 6.05. The Morgan fingerprint density at radius 1 is 0.970 bits per heavy atom. The molecule has 0 amide bonds. The minimum atomic E-state index is -3.81. The van der Waals surface area contributed by atoms with Crippen LogP contribution in [-0.4, -0.2) is 34.4 Å². The number of aromatic nitrogens is 2. The van der Waals surface area contributed by atoms with Crippen LogP contribution in [-0.2, 0) is 48.4 Å². The predicted molar refractivity (Wildman–Crippen MR) is 120 cm³/mol. The molecular weight excluding hydrogens is 446 g/mol. The van der Waals surface area contributed by atoms with E-state index in [0.29, 0.717) is 13.0 Å². The van der Waals surface area contributed by atoms with Crippen molar-refractivity contribution < 1.29 is 17.9 Å². The number of benzene rings is 2. The molecule has 0 bridgehead atoms. The zero-order chi connectivity index (χ0) is 23.8. The summed E-state index contributed by atoms with van der Waals surface area (Å²) in [6, 6.07) is 14.6. The molecule has 0 atom stereocenters. The number of fused-ring (bicyclic) bond motifs is 1. The first-order chi connectivity index (χ1) is 15.7. The van der Waals surface area contributed by atoms with Gasteiger partial charge in [0.15, 0.2) is 0 Å². The Balaban J connectivity index is 1.53. The van der Waals surface area contributed by atoms with Gasteiger partial charge in [-0.3, -0.25) is 13.9 Å². The van der Waals surface area contributed by atoms with Gasteiger partial charge in [0.25, 0.3) is 5.56 Å². The van der Waals surface area contributed by atoms with E-state index in [2.05, 4.69) is 0 Å². The van der Waals surface area contributed by atoms with E-state index in [-0.39, 0.29) is 29.3 Å². The zero-order valence-corrected chi connectivity index (χ0v) is 19.0. The lowest BCUT2D eigenvalue weighted by molar-refractivity contribution is 0.0462. The van der Waals surface area contributed by atoms with Gasteiger partial charge >= 0.3 is 11.7 Å². The van der Waals surface area contributed by atoms with Crippen LogP contribution in [0.2, 0.25) is 0 Å². The molecule has 0 unspecified atom stereocenters. The molecule has 2 heterocycles. The lowest BCUT2D eigenvalue weighted by Crippen LogP contribution is -2.38. The predicted octanol–water partition coefficient (Wildman–Crippen LogP) is 1.19. The summed E-state index contributed by atoms with van der Waals surface area (Å²) in [6.45, 7) is 0.315. The van der Waals surface area contributed by atoms with Gasteiger partial charge in [0.05, 0.1) is 16.2 Å². The molecule has 0 saturated heterocycles. The molecule has 0 fully saturated rings. The van der Waals surface area contributed by atoms with Crippen molar-refractivity contribution in [1.82, 2.24) is 13.4 Å². The number of ether oxygens (including phenoxy) is 1. The molecule has 0 aliphatic carbocycles. The minimum Gasteiger partial charge on any atom is -0.456 e. The first-order valence-electron chi connectivity index (χ1n) is 10.3. The van der Waals surface area contributed by atoms with Crippen LogP contribution in [0.25, 0.3) is 0 Å². The molecule has 4 rings (SSSR count). The first-order valence-corrected chi connectivity index (χ1v) is 11.7. The lowest BCUT2D eigenvalue weighted by Gasteiger charge is -2.28. The third kappa shape index (κ3) is 4.39. The summed E-state index contributed by atoms with van der Waals surface area (Å²) in [7, 11) is -0.993. The molecule has 1 aromatic heterocycles. The fourth-order valence-corrected chi connectivity index (χ4v) is 5.21. The van der Waals surface area contributed by atoms with Gasteiger partial charge in [-0.1, -0.05) is 30.3 Å². The molecule has 9 nitrogen and oxygen atoms in total. The summed E-state index contributed by atoms with van der Waals surface area (Å²) in [5, 5.41) is 0. The fraction of sp³-hybridized carbons (Fsp3) is 0.261. The monoisotopic (exact) mass is 469 g/mol. The molecule has 2 aromatic carbocycles. The highest BCUT2D eigenvalue weighted by Crippen LogP contribution is 2.25. The van der Waals surface area contributed by atoms with Gasteiger partial charge in [0, 0.05) is 33.3 Å². The van der Waals surface area contributed by atoms with E-state index in [1.165, 1.54) is 53.3 Å². The van der Waals surface area contributed by atoms with E-state index in [1.54, 1.807) is 0 Å². The van der Waals surface area contributed by atoms with E-state index < -0.39 is 27.2 Å². The summed E-state index contributed by atoms with van der Waals surface area (Å²) in [5.74, 6) is -0.760. The number of sulfonamides is 1. The number of rotatable bonds is 5. The number of hydrogen-bond acceptors (Lipinski definition) is 6. The van der Waals surface area contributed by atoms with Crippen LogP contribution in [0.3, 0.4) is 0 Å². The largest absolute Gasteiger partial charge is 0.456 e. The van der Waals surface area contributed by atoms with Crippen molar-refractivity contribution in [2.24, 2.45) is 14.1 Å². The van der Waals surface area contributed by atoms with Gasteiger partial charge in [-0.15, -0.1) is 0 Å². The highest BCUT2D eigenvalue weighted by atomic mass is 32.2. The average molecular weight is 470 g/mol. The maximum atomic E-state index is 13.2. The van der Waals surface area contributed by atoms with Crippen molar-refractivity contribution in [2.75, 3.05) is 6.54 Å².